The molecule has 7 atom stereocenters. The van der Waals surface area contributed by atoms with E-state index in [9.17, 15) is 9.90 Å². The molecule has 5 heteroatoms. The zero-order chi connectivity index (χ0) is 14.8. The lowest BCUT2D eigenvalue weighted by molar-refractivity contribution is -0.223. The molecule has 0 aromatic rings. The van der Waals surface area contributed by atoms with E-state index in [1.165, 1.54) is 0 Å². The Morgan fingerprint density at radius 2 is 2.29 bits per heavy atom. The number of aliphatic hydroxyl groups excluding tert-OH is 1. The van der Waals surface area contributed by atoms with Crippen LogP contribution in [0.15, 0.2) is 0 Å². The Balaban J connectivity index is 1.72. The minimum atomic E-state index is -0.674. The maximum atomic E-state index is 12.1. The number of rotatable bonds is 2. The Hall–Kier alpha value is -0.650. The highest BCUT2D eigenvalue weighted by Crippen LogP contribution is 2.56. The van der Waals surface area contributed by atoms with Crippen molar-refractivity contribution in [2.45, 2.75) is 76.0 Å². The SMILES string of the molecule is CC[C@H](O)[C@H]1CC[C@@H]2O[C@@]34CCCN1[C@@H]2[C@H]3[C@H](C)C(=O)O4. The van der Waals surface area contributed by atoms with E-state index in [-0.39, 0.29) is 42.1 Å². The Morgan fingerprint density at radius 3 is 3.05 bits per heavy atom. The average Bonchev–Trinajstić information content (AvgIpc) is 2.83. The molecule has 21 heavy (non-hydrogen) atoms. The zero-order valence-corrected chi connectivity index (χ0v) is 12.8. The van der Waals surface area contributed by atoms with Crippen molar-refractivity contribution >= 4 is 5.97 Å². The van der Waals surface area contributed by atoms with Crippen molar-refractivity contribution in [3.8, 4) is 0 Å². The number of ether oxygens (including phenoxy) is 2. The van der Waals surface area contributed by atoms with Gasteiger partial charge in [-0.15, -0.1) is 0 Å². The summed E-state index contributed by atoms with van der Waals surface area (Å²) < 4.78 is 12.0. The van der Waals surface area contributed by atoms with Gasteiger partial charge in [-0.2, -0.15) is 0 Å². The van der Waals surface area contributed by atoms with Crippen LogP contribution < -0.4 is 0 Å². The van der Waals surface area contributed by atoms with Crippen molar-refractivity contribution in [1.82, 2.24) is 4.90 Å². The number of aliphatic hydroxyl groups is 1. The summed E-state index contributed by atoms with van der Waals surface area (Å²) in [4.78, 5) is 14.5. The summed E-state index contributed by atoms with van der Waals surface area (Å²) in [6, 6.07) is 0.436. The van der Waals surface area contributed by atoms with Gasteiger partial charge in [0.05, 0.1) is 24.0 Å². The van der Waals surface area contributed by atoms with E-state index in [4.69, 9.17) is 9.47 Å². The maximum absolute atomic E-state index is 12.1. The summed E-state index contributed by atoms with van der Waals surface area (Å²) in [6.07, 6.45) is 4.35. The number of carbonyl (C=O) groups excluding carboxylic acids is 1. The van der Waals surface area contributed by atoms with Gasteiger partial charge in [0, 0.05) is 18.5 Å². The van der Waals surface area contributed by atoms with Gasteiger partial charge >= 0.3 is 5.97 Å². The lowest BCUT2D eigenvalue weighted by atomic mass is 9.78. The van der Waals surface area contributed by atoms with Gasteiger partial charge in [0.25, 0.3) is 0 Å². The number of nitrogens with zero attached hydrogens (tertiary/aromatic N) is 1. The molecule has 0 radical (unpaired) electrons. The van der Waals surface area contributed by atoms with E-state index in [0.717, 1.165) is 38.6 Å². The van der Waals surface area contributed by atoms with Gasteiger partial charge in [-0.3, -0.25) is 9.69 Å². The van der Waals surface area contributed by atoms with E-state index < -0.39 is 5.79 Å². The van der Waals surface area contributed by atoms with Gasteiger partial charge < -0.3 is 14.6 Å². The molecule has 0 aromatic carbocycles. The van der Waals surface area contributed by atoms with E-state index >= 15 is 0 Å². The minimum absolute atomic E-state index is 0.0990. The highest BCUT2D eigenvalue weighted by molar-refractivity contribution is 5.75. The second-order valence-corrected chi connectivity index (χ2v) is 7.16. The molecule has 4 saturated heterocycles. The molecule has 0 spiro atoms. The van der Waals surface area contributed by atoms with Crippen LogP contribution in [-0.2, 0) is 14.3 Å². The van der Waals surface area contributed by atoms with Gasteiger partial charge in [-0.05, 0) is 32.2 Å². The first-order valence-electron chi connectivity index (χ1n) is 8.42. The number of esters is 1. The van der Waals surface area contributed by atoms with Gasteiger partial charge in [0.1, 0.15) is 0 Å². The Kier molecular flexibility index (Phi) is 3.11. The fraction of sp³-hybridized carbons (Fsp3) is 0.938. The highest BCUT2D eigenvalue weighted by Gasteiger charge is 2.68. The van der Waals surface area contributed by atoms with E-state index in [0.29, 0.717) is 0 Å². The molecule has 0 saturated carbocycles. The van der Waals surface area contributed by atoms with Crippen molar-refractivity contribution in [3.63, 3.8) is 0 Å². The molecular formula is C16H25NO4. The first-order chi connectivity index (χ1) is 10.1. The highest BCUT2D eigenvalue weighted by atomic mass is 16.7. The molecule has 2 bridgehead atoms. The number of carbonyl (C=O) groups is 1. The van der Waals surface area contributed by atoms with Crippen LogP contribution in [0.2, 0.25) is 0 Å². The third kappa shape index (κ3) is 1.77. The third-order valence-electron chi connectivity index (χ3n) is 6.15. The Morgan fingerprint density at radius 1 is 1.48 bits per heavy atom. The monoisotopic (exact) mass is 295 g/mol. The Bertz CT molecular complexity index is 456. The molecule has 4 aliphatic heterocycles. The summed E-state index contributed by atoms with van der Waals surface area (Å²) in [5.41, 5.74) is 0. The molecule has 4 fully saturated rings. The van der Waals surface area contributed by atoms with E-state index in [1.54, 1.807) is 0 Å². The normalized spacial score (nSPS) is 50.4. The zero-order valence-electron chi connectivity index (χ0n) is 12.8. The maximum Gasteiger partial charge on any atom is 0.311 e. The van der Waals surface area contributed by atoms with Crippen LogP contribution in [0, 0.1) is 11.8 Å². The molecule has 118 valence electrons. The molecule has 5 nitrogen and oxygen atoms in total. The first-order valence-corrected chi connectivity index (χ1v) is 8.42. The number of hydrogen-bond donors (Lipinski definition) is 1. The lowest BCUT2D eigenvalue weighted by Crippen LogP contribution is -2.58. The summed E-state index contributed by atoms with van der Waals surface area (Å²) in [6.45, 7) is 4.99. The van der Waals surface area contributed by atoms with Crippen LogP contribution >= 0.6 is 0 Å². The van der Waals surface area contributed by atoms with Crippen molar-refractivity contribution in [2.24, 2.45) is 11.8 Å². The molecular weight excluding hydrogens is 270 g/mol. The molecule has 0 aromatic heterocycles. The topological polar surface area (TPSA) is 59.0 Å². The van der Waals surface area contributed by atoms with Crippen LogP contribution in [-0.4, -0.2) is 52.6 Å². The molecule has 0 unspecified atom stereocenters. The number of piperidine rings is 1. The van der Waals surface area contributed by atoms with Crippen LogP contribution in [0.5, 0.6) is 0 Å². The smallest absolute Gasteiger partial charge is 0.311 e. The van der Waals surface area contributed by atoms with Crippen molar-refractivity contribution in [3.05, 3.63) is 0 Å². The molecule has 4 aliphatic rings. The predicted molar refractivity (Wildman–Crippen MR) is 75.4 cm³/mol. The minimum Gasteiger partial charge on any atom is -0.432 e. The average molecular weight is 295 g/mol. The summed E-state index contributed by atoms with van der Waals surface area (Å²) >= 11 is 0. The summed E-state index contributed by atoms with van der Waals surface area (Å²) in [7, 11) is 0. The van der Waals surface area contributed by atoms with Crippen LogP contribution in [0.1, 0.15) is 46.0 Å². The molecule has 1 N–H and O–H groups in total. The molecule has 0 amide bonds. The fourth-order valence-electron chi connectivity index (χ4n) is 5.23. The van der Waals surface area contributed by atoms with Crippen LogP contribution in [0.4, 0.5) is 0 Å². The number of hydrogen-bond acceptors (Lipinski definition) is 5. The summed E-state index contributed by atoms with van der Waals surface area (Å²) in [5.74, 6) is -0.756. The summed E-state index contributed by atoms with van der Waals surface area (Å²) in [5, 5.41) is 10.4. The second-order valence-electron chi connectivity index (χ2n) is 7.16. The van der Waals surface area contributed by atoms with Crippen LogP contribution in [0.25, 0.3) is 0 Å². The van der Waals surface area contributed by atoms with Gasteiger partial charge in [0.15, 0.2) is 0 Å². The fourth-order valence-corrected chi connectivity index (χ4v) is 5.23. The van der Waals surface area contributed by atoms with E-state index in [1.807, 2.05) is 13.8 Å². The lowest BCUT2D eigenvalue weighted by Gasteiger charge is -2.46. The van der Waals surface area contributed by atoms with Crippen molar-refractivity contribution < 1.29 is 19.4 Å². The van der Waals surface area contributed by atoms with Gasteiger partial charge in [-0.25, -0.2) is 0 Å². The first kappa shape index (κ1) is 14.0. The molecule has 4 heterocycles. The van der Waals surface area contributed by atoms with Crippen molar-refractivity contribution in [1.29, 1.82) is 0 Å². The van der Waals surface area contributed by atoms with Gasteiger partial charge in [0.2, 0.25) is 5.79 Å². The van der Waals surface area contributed by atoms with Crippen molar-refractivity contribution in [2.75, 3.05) is 6.54 Å². The Labute approximate surface area is 125 Å². The largest absolute Gasteiger partial charge is 0.432 e. The second kappa shape index (κ2) is 4.67. The quantitative estimate of drug-likeness (QED) is 0.778. The van der Waals surface area contributed by atoms with Gasteiger partial charge in [-0.1, -0.05) is 13.8 Å². The standard InChI is InChI=1S/C16H25NO4/c1-3-11(18)10-5-6-12-14-13-9(2)15(19)21-16(13,20-12)7-4-8-17(10)14/h9-14,18H,3-8H2,1-2H3/t9-,10+,11-,12-,13+,14-,16+/m0/s1. The molecule has 0 aliphatic carbocycles. The van der Waals surface area contributed by atoms with E-state index in [2.05, 4.69) is 4.90 Å². The molecule has 4 rings (SSSR count). The predicted octanol–water partition coefficient (Wildman–Crippen LogP) is 1.29. The van der Waals surface area contributed by atoms with Crippen LogP contribution in [0.3, 0.4) is 0 Å². The third-order valence-corrected chi connectivity index (χ3v) is 6.15.